The first-order valence-electron chi connectivity index (χ1n) is 4.52. The van der Waals surface area contributed by atoms with Crippen LogP contribution >= 0.6 is 0 Å². The van der Waals surface area contributed by atoms with Gasteiger partial charge in [-0.2, -0.15) is 0 Å². The summed E-state index contributed by atoms with van der Waals surface area (Å²) in [7, 11) is 0. The summed E-state index contributed by atoms with van der Waals surface area (Å²) in [4.78, 5) is 31.7. The van der Waals surface area contributed by atoms with Gasteiger partial charge in [0.1, 0.15) is 0 Å². The number of nitrogens with zero attached hydrogens (tertiary/aromatic N) is 1. The fourth-order valence-corrected chi connectivity index (χ4v) is 1.63. The van der Waals surface area contributed by atoms with E-state index in [9.17, 15) is 19.7 Å². The van der Waals surface area contributed by atoms with Gasteiger partial charge in [-0.3, -0.25) is 10.1 Å². The first-order chi connectivity index (χ1) is 7.77. The van der Waals surface area contributed by atoms with Crippen molar-refractivity contribution in [1.29, 1.82) is 0 Å². The molecule has 7 heteroatoms. The van der Waals surface area contributed by atoms with Crippen LogP contribution in [-0.4, -0.2) is 27.1 Å². The van der Waals surface area contributed by atoms with Gasteiger partial charge in [0.2, 0.25) is 0 Å². The zero-order valence-electron chi connectivity index (χ0n) is 9.05. The minimum Gasteiger partial charge on any atom is -0.478 e. The predicted molar refractivity (Wildman–Crippen MR) is 56.5 cm³/mol. The number of carboxylic acids is 2. The van der Waals surface area contributed by atoms with Crippen LogP contribution in [0.4, 0.5) is 5.69 Å². The van der Waals surface area contributed by atoms with Crippen LogP contribution < -0.4 is 0 Å². The van der Waals surface area contributed by atoms with Gasteiger partial charge in [0.25, 0.3) is 5.69 Å². The number of benzene rings is 1. The van der Waals surface area contributed by atoms with Crippen LogP contribution in [0.15, 0.2) is 6.07 Å². The van der Waals surface area contributed by atoms with E-state index in [0.29, 0.717) is 0 Å². The van der Waals surface area contributed by atoms with Gasteiger partial charge in [-0.25, -0.2) is 9.59 Å². The highest BCUT2D eigenvalue weighted by Gasteiger charge is 2.25. The topological polar surface area (TPSA) is 118 Å². The van der Waals surface area contributed by atoms with Crippen LogP contribution in [-0.2, 0) is 0 Å². The lowest BCUT2D eigenvalue weighted by atomic mass is 9.96. The predicted octanol–water partition coefficient (Wildman–Crippen LogP) is 1.61. The third-order valence-corrected chi connectivity index (χ3v) is 2.46. The van der Waals surface area contributed by atoms with Crippen molar-refractivity contribution < 1.29 is 24.7 Å². The Morgan fingerprint density at radius 3 is 2.06 bits per heavy atom. The largest absolute Gasteiger partial charge is 0.478 e. The van der Waals surface area contributed by atoms with E-state index in [4.69, 9.17) is 10.2 Å². The highest BCUT2D eigenvalue weighted by Crippen LogP contribution is 2.27. The van der Waals surface area contributed by atoms with Gasteiger partial charge in [0.05, 0.1) is 16.1 Å². The van der Waals surface area contributed by atoms with Gasteiger partial charge in [0.15, 0.2) is 0 Å². The molecular weight excluding hydrogens is 230 g/mol. The Morgan fingerprint density at radius 2 is 1.71 bits per heavy atom. The highest BCUT2D eigenvalue weighted by atomic mass is 16.6. The number of hydrogen-bond acceptors (Lipinski definition) is 4. The van der Waals surface area contributed by atoms with Crippen molar-refractivity contribution in [3.05, 3.63) is 38.4 Å². The van der Waals surface area contributed by atoms with E-state index < -0.39 is 22.5 Å². The van der Waals surface area contributed by atoms with E-state index in [1.807, 2.05) is 0 Å². The summed E-state index contributed by atoms with van der Waals surface area (Å²) < 4.78 is 0. The Labute approximate surface area is 95.5 Å². The van der Waals surface area contributed by atoms with Gasteiger partial charge in [0, 0.05) is 11.6 Å². The Hall–Kier alpha value is -2.44. The second-order valence-electron chi connectivity index (χ2n) is 3.44. The van der Waals surface area contributed by atoms with E-state index in [2.05, 4.69) is 0 Å². The van der Waals surface area contributed by atoms with Crippen LogP contribution in [0, 0.1) is 24.0 Å². The third kappa shape index (κ3) is 2.07. The fourth-order valence-electron chi connectivity index (χ4n) is 1.63. The molecule has 0 aliphatic carbocycles. The number of aromatic carboxylic acids is 2. The molecule has 0 heterocycles. The molecule has 0 unspecified atom stereocenters. The molecule has 1 rings (SSSR count). The average Bonchev–Trinajstić information content (AvgIpc) is 2.15. The van der Waals surface area contributed by atoms with Crippen molar-refractivity contribution in [2.45, 2.75) is 13.8 Å². The van der Waals surface area contributed by atoms with Crippen LogP contribution in [0.2, 0.25) is 0 Å². The maximum absolute atomic E-state index is 11.0. The first kappa shape index (κ1) is 12.6. The number of carboxylic acid groups (broad SMARTS) is 2. The lowest BCUT2D eigenvalue weighted by molar-refractivity contribution is -0.385. The molecule has 0 radical (unpaired) electrons. The van der Waals surface area contributed by atoms with Gasteiger partial charge in [-0.05, 0) is 19.4 Å². The molecule has 7 nitrogen and oxygen atoms in total. The molecule has 0 fully saturated rings. The summed E-state index contributed by atoms with van der Waals surface area (Å²) >= 11 is 0. The zero-order chi connectivity index (χ0) is 13.3. The minimum atomic E-state index is -1.40. The van der Waals surface area contributed by atoms with Crippen molar-refractivity contribution >= 4 is 17.6 Å². The molecule has 0 amide bonds. The number of carbonyl (C=O) groups is 2. The van der Waals surface area contributed by atoms with E-state index in [0.717, 1.165) is 6.07 Å². The van der Waals surface area contributed by atoms with Crippen molar-refractivity contribution in [1.82, 2.24) is 0 Å². The van der Waals surface area contributed by atoms with Crippen molar-refractivity contribution in [2.75, 3.05) is 0 Å². The second kappa shape index (κ2) is 4.20. The molecule has 0 aliphatic rings. The summed E-state index contributed by atoms with van der Waals surface area (Å²) in [5.41, 5.74) is -1.26. The zero-order valence-corrected chi connectivity index (χ0v) is 9.05. The van der Waals surface area contributed by atoms with Crippen molar-refractivity contribution in [3.63, 3.8) is 0 Å². The standard InChI is InChI=1S/C10H9NO6/c1-4-6(9(12)13)3-7(11(16)17)5(2)8(4)10(14)15/h3H,1-2H3,(H,12,13)(H,14,15). The van der Waals surface area contributed by atoms with E-state index in [-0.39, 0.29) is 22.3 Å². The molecular formula is C10H9NO6. The van der Waals surface area contributed by atoms with Crippen LogP contribution in [0.25, 0.3) is 0 Å². The second-order valence-corrected chi connectivity index (χ2v) is 3.44. The first-order valence-corrected chi connectivity index (χ1v) is 4.52. The molecule has 1 aromatic carbocycles. The molecule has 0 atom stereocenters. The molecule has 90 valence electrons. The highest BCUT2D eigenvalue weighted by molar-refractivity contribution is 5.99. The normalized spacial score (nSPS) is 10.0. The Morgan fingerprint density at radius 1 is 1.18 bits per heavy atom. The van der Waals surface area contributed by atoms with Crippen LogP contribution in [0.3, 0.4) is 0 Å². The Bertz CT molecular complexity index is 496. The molecule has 1 aromatic rings. The number of nitro groups is 1. The van der Waals surface area contributed by atoms with Crippen LogP contribution in [0.5, 0.6) is 0 Å². The lowest BCUT2D eigenvalue weighted by Gasteiger charge is -2.09. The Balaban J connectivity index is 3.76. The van der Waals surface area contributed by atoms with Crippen molar-refractivity contribution in [3.8, 4) is 0 Å². The summed E-state index contributed by atoms with van der Waals surface area (Å²) in [5.74, 6) is -2.78. The SMILES string of the molecule is Cc1c(C(=O)O)cc([N+](=O)[O-])c(C)c1C(=O)O. The quantitative estimate of drug-likeness (QED) is 0.611. The van der Waals surface area contributed by atoms with Gasteiger partial charge in [-0.1, -0.05) is 0 Å². The molecule has 0 saturated carbocycles. The van der Waals surface area contributed by atoms with E-state index >= 15 is 0 Å². The average molecular weight is 239 g/mol. The minimum absolute atomic E-state index is 0.00750. The number of nitro benzene ring substituents is 1. The van der Waals surface area contributed by atoms with Gasteiger partial charge < -0.3 is 10.2 Å². The molecule has 0 bridgehead atoms. The summed E-state index contributed by atoms with van der Waals surface area (Å²) in [6.45, 7) is 2.59. The molecule has 0 spiro atoms. The Kier molecular flexibility index (Phi) is 3.12. The monoisotopic (exact) mass is 239 g/mol. The molecule has 2 N–H and O–H groups in total. The maximum atomic E-state index is 11.0. The molecule has 0 aromatic heterocycles. The number of rotatable bonds is 3. The smallest absolute Gasteiger partial charge is 0.336 e. The third-order valence-electron chi connectivity index (χ3n) is 2.46. The van der Waals surface area contributed by atoms with E-state index in [1.54, 1.807) is 0 Å². The van der Waals surface area contributed by atoms with Gasteiger partial charge >= 0.3 is 11.9 Å². The van der Waals surface area contributed by atoms with E-state index in [1.165, 1.54) is 13.8 Å². The molecule has 17 heavy (non-hydrogen) atoms. The van der Waals surface area contributed by atoms with Crippen molar-refractivity contribution in [2.24, 2.45) is 0 Å². The van der Waals surface area contributed by atoms with Gasteiger partial charge in [-0.15, -0.1) is 0 Å². The summed E-state index contributed by atoms with van der Waals surface area (Å²) in [6, 6.07) is 0.874. The fraction of sp³-hybridized carbons (Fsp3) is 0.200. The number of hydrogen-bond donors (Lipinski definition) is 2. The lowest BCUT2D eigenvalue weighted by Crippen LogP contribution is -2.11. The van der Waals surface area contributed by atoms with Crippen LogP contribution in [0.1, 0.15) is 31.8 Å². The molecule has 0 saturated heterocycles. The molecule has 0 aliphatic heterocycles. The summed E-state index contributed by atoms with van der Waals surface area (Å²) in [6.07, 6.45) is 0. The maximum Gasteiger partial charge on any atom is 0.336 e. The summed E-state index contributed by atoms with van der Waals surface area (Å²) in [5, 5.41) is 28.5.